The first-order valence-electron chi connectivity index (χ1n) is 8.63. The zero-order valence-corrected chi connectivity index (χ0v) is 14.5. The summed E-state index contributed by atoms with van der Waals surface area (Å²) in [6.45, 7) is 7.40. The van der Waals surface area contributed by atoms with Crippen molar-refractivity contribution in [1.29, 1.82) is 0 Å². The Morgan fingerprint density at radius 1 is 1.19 bits per heavy atom. The molecular formula is C17H35N3O. The van der Waals surface area contributed by atoms with Gasteiger partial charge in [-0.3, -0.25) is 4.99 Å². The molecular weight excluding hydrogens is 262 g/mol. The van der Waals surface area contributed by atoms with Crippen LogP contribution < -0.4 is 10.6 Å². The summed E-state index contributed by atoms with van der Waals surface area (Å²) in [5.41, 5.74) is 0.405. The van der Waals surface area contributed by atoms with Crippen molar-refractivity contribution in [3.05, 3.63) is 0 Å². The first kappa shape index (κ1) is 18.3. The number of ether oxygens (including phenoxy) is 1. The van der Waals surface area contributed by atoms with Crippen molar-refractivity contribution in [2.24, 2.45) is 16.3 Å². The molecule has 0 amide bonds. The largest absolute Gasteiger partial charge is 0.385 e. The number of nitrogens with zero attached hydrogens (tertiary/aromatic N) is 1. The van der Waals surface area contributed by atoms with Crippen LogP contribution >= 0.6 is 0 Å². The van der Waals surface area contributed by atoms with Crippen LogP contribution in [0.25, 0.3) is 0 Å². The maximum Gasteiger partial charge on any atom is 0.191 e. The van der Waals surface area contributed by atoms with Crippen LogP contribution in [-0.2, 0) is 4.74 Å². The van der Waals surface area contributed by atoms with Crippen molar-refractivity contribution in [3.63, 3.8) is 0 Å². The molecule has 0 spiro atoms. The Kier molecular flexibility index (Phi) is 8.74. The molecule has 0 aromatic heterocycles. The number of hydrogen-bond acceptors (Lipinski definition) is 2. The Bertz CT molecular complexity index is 294. The van der Waals surface area contributed by atoms with E-state index in [4.69, 9.17) is 4.74 Å². The van der Waals surface area contributed by atoms with Gasteiger partial charge in [-0.1, -0.05) is 39.5 Å². The van der Waals surface area contributed by atoms with Gasteiger partial charge in [-0.15, -0.1) is 0 Å². The van der Waals surface area contributed by atoms with E-state index >= 15 is 0 Å². The monoisotopic (exact) mass is 297 g/mol. The molecule has 0 aromatic carbocycles. The molecule has 0 saturated heterocycles. The number of nitrogens with one attached hydrogen (secondary N) is 2. The zero-order valence-electron chi connectivity index (χ0n) is 14.5. The van der Waals surface area contributed by atoms with Crippen LogP contribution in [0.1, 0.15) is 58.8 Å². The Morgan fingerprint density at radius 3 is 2.38 bits per heavy atom. The number of rotatable bonds is 9. The van der Waals surface area contributed by atoms with Crippen molar-refractivity contribution in [3.8, 4) is 0 Å². The van der Waals surface area contributed by atoms with E-state index in [0.717, 1.165) is 38.0 Å². The van der Waals surface area contributed by atoms with Crippen LogP contribution in [0.5, 0.6) is 0 Å². The van der Waals surface area contributed by atoms with E-state index in [1.165, 1.54) is 38.5 Å². The molecule has 0 aromatic rings. The second-order valence-corrected chi connectivity index (χ2v) is 6.44. The minimum atomic E-state index is 0.405. The first-order valence-corrected chi connectivity index (χ1v) is 8.63. The standard InChI is InChI=1S/C17H35N3O/c1-5-15(6-2)13-19-16(18-3)20-14-17(11-12-21-4)9-7-8-10-17/h15H,5-14H2,1-4H3,(H2,18,19,20). The normalized spacial score (nSPS) is 18.2. The van der Waals surface area contributed by atoms with Gasteiger partial charge in [-0.25, -0.2) is 0 Å². The molecule has 0 heterocycles. The maximum absolute atomic E-state index is 5.30. The van der Waals surface area contributed by atoms with Gasteiger partial charge in [0.05, 0.1) is 0 Å². The van der Waals surface area contributed by atoms with E-state index in [-0.39, 0.29) is 0 Å². The highest BCUT2D eigenvalue weighted by Crippen LogP contribution is 2.40. The molecule has 4 heteroatoms. The zero-order chi connectivity index (χ0) is 15.6. The fourth-order valence-corrected chi connectivity index (χ4v) is 3.27. The number of hydrogen-bond donors (Lipinski definition) is 2. The van der Waals surface area contributed by atoms with E-state index in [9.17, 15) is 0 Å². The lowest BCUT2D eigenvalue weighted by Crippen LogP contribution is -2.44. The van der Waals surface area contributed by atoms with Crippen LogP contribution in [0.4, 0.5) is 0 Å². The van der Waals surface area contributed by atoms with Gasteiger partial charge in [-0.05, 0) is 30.6 Å². The molecule has 21 heavy (non-hydrogen) atoms. The van der Waals surface area contributed by atoms with Gasteiger partial charge in [0, 0.05) is 33.9 Å². The third kappa shape index (κ3) is 6.25. The van der Waals surface area contributed by atoms with E-state index < -0.39 is 0 Å². The number of guanidine groups is 1. The lowest BCUT2D eigenvalue weighted by molar-refractivity contribution is 0.138. The molecule has 2 N–H and O–H groups in total. The molecule has 1 aliphatic carbocycles. The Morgan fingerprint density at radius 2 is 1.86 bits per heavy atom. The van der Waals surface area contributed by atoms with Crippen LogP contribution in [0, 0.1) is 11.3 Å². The minimum absolute atomic E-state index is 0.405. The highest BCUT2D eigenvalue weighted by atomic mass is 16.5. The number of methoxy groups -OCH3 is 1. The third-order valence-corrected chi connectivity index (χ3v) is 5.07. The molecule has 124 valence electrons. The summed E-state index contributed by atoms with van der Waals surface area (Å²) in [4.78, 5) is 4.36. The topological polar surface area (TPSA) is 45.7 Å². The van der Waals surface area contributed by atoms with Crippen molar-refractivity contribution < 1.29 is 4.74 Å². The van der Waals surface area contributed by atoms with Crippen molar-refractivity contribution in [2.75, 3.05) is 33.9 Å². The molecule has 0 atom stereocenters. The highest BCUT2D eigenvalue weighted by molar-refractivity contribution is 5.79. The summed E-state index contributed by atoms with van der Waals surface area (Å²) in [6.07, 6.45) is 8.92. The van der Waals surface area contributed by atoms with Gasteiger partial charge in [0.2, 0.25) is 0 Å². The Hall–Kier alpha value is -0.770. The van der Waals surface area contributed by atoms with Crippen LogP contribution in [0.3, 0.4) is 0 Å². The van der Waals surface area contributed by atoms with E-state index in [2.05, 4.69) is 29.5 Å². The number of aliphatic imine (C=N–C) groups is 1. The maximum atomic E-state index is 5.30. The van der Waals surface area contributed by atoms with Crippen LogP contribution in [-0.4, -0.2) is 39.8 Å². The Labute approximate surface area is 131 Å². The van der Waals surface area contributed by atoms with Gasteiger partial charge in [0.1, 0.15) is 0 Å². The molecule has 1 saturated carbocycles. The molecule has 0 bridgehead atoms. The summed E-state index contributed by atoms with van der Waals surface area (Å²) in [7, 11) is 3.66. The summed E-state index contributed by atoms with van der Waals surface area (Å²) in [6, 6.07) is 0. The fraction of sp³-hybridized carbons (Fsp3) is 0.941. The smallest absolute Gasteiger partial charge is 0.191 e. The van der Waals surface area contributed by atoms with E-state index in [1.54, 1.807) is 7.11 Å². The molecule has 4 nitrogen and oxygen atoms in total. The van der Waals surface area contributed by atoms with Gasteiger partial charge >= 0.3 is 0 Å². The van der Waals surface area contributed by atoms with Gasteiger partial charge in [0.25, 0.3) is 0 Å². The molecule has 0 unspecified atom stereocenters. The van der Waals surface area contributed by atoms with Crippen molar-refractivity contribution >= 4 is 5.96 Å². The van der Waals surface area contributed by atoms with Crippen LogP contribution in [0.15, 0.2) is 4.99 Å². The van der Waals surface area contributed by atoms with Crippen LogP contribution in [0.2, 0.25) is 0 Å². The van der Waals surface area contributed by atoms with Crippen molar-refractivity contribution in [2.45, 2.75) is 58.8 Å². The summed E-state index contributed by atoms with van der Waals surface area (Å²) < 4.78 is 5.30. The fourth-order valence-electron chi connectivity index (χ4n) is 3.27. The van der Waals surface area contributed by atoms with E-state index in [1.807, 2.05) is 7.05 Å². The average Bonchev–Trinajstić information content (AvgIpc) is 2.98. The summed E-state index contributed by atoms with van der Waals surface area (Å²) in [5.74, 6) is 1.68. The molecule has 0 aliphatic heterocycles. The molecule has 1 aliphatic rings. The molecule has 1 fully saturated rings. The predicted molar refractivity (Wildman–Crippen MR) is 90.8 cm³/mol. The average molecular weight is 297 g/mol. The second kappa shape index (κ2) is 10.0. The summed E-state index contributed by atoms with van der Waals surface area (Å²) in [5, 5.41) is 7.02. The summed E-state index contributed by atoms with van der Waals surface area (Å²) >= 11 is 0. The highest BCUT2D eigenvalue weighted by Gasteiger charge is 2.33. The predicted octanol–water partition coefficient (Wildman–Crippen LogP) is 3.18. The lowest BCUT2D eigenvalue weighted by Gasteiger charge is -2.30. The second-order valence-electron chi connectivity index (χ2n) is 6.44. The molecule has 0 radical (unpaired) electrons. The minimum Gasteiger partial charge on any atom is -0.385 e. The third-order valence-electron chi connectivity index (χ3n) is 5.07. The first-order chi connectivity index (χ1) is 10.2. The lowest BCUT2D eigenvalue weighted by atomic mass is 9.83. The molecule has 1 rings (SSSR count). The van der Waals surface area contributed by atoms with Crippen molar-refractivity contribution in [1.82, 2.24) is 10.6 Å². The van der Waals surface area contributed by atoms with E-state index in [0.29, 0.717) is 5.41 Å². The Balaban J connectivity index is 2.41. The SMILES string of the molecule is CCC(CC)CNC(=NC)NCC1(CCOC)CCCC1. The van der Waals surface area contributed by atoms with Gasteiger partial charge in [-0.2, -0.15) is 0 Å². The van der Waals surface area contributed by atoms with Gasteiger partial charge in [0.15, 0.2) is 5.96 Å². The van der Waals surface area contributed by atoms with Gasteiger partial charge < -0.3 is 15.4 Å². The quantitative estimate of drug-likeness (QED) is 0.507.